The van der Waals surface area contributed by atoms with Gasteiger partial charge in [-0.15, -0.1) is 0 Å². The second-order valence-corrected chi connectivity index (χ2v) is 12.7. The first-order valence-electron chi connectivity index (χ1n) is 14.6. The van der Waals surface area contributed by atoms with Gasteiger partial charge >= 0.3 is 0 Å². The first-order chi connectivity index (χ1) is 19.3. The van der Waals surface area contributed by atoms with Gasteiger partial charge in [-0.3, -0.25) is 24.5 Å². The van der Waals surface area contributed by atoms with E-state index in [-0.39, 0.29) is 36.2 Å². The smallest absolute Gasteiger partial charge is 0.255 e. The second-order valence-electron chi connectivity index (χ2n) is 12.7. The maximum absolute atomic E-state index is 13.1. The third kappa shape index (κ3) is 4.67. The maximum Gasteiger partial charge on any atom is 0.255 e. The molecule has 4 bridgehead atoms. The minimum atomic E-state index is -0.655. The average molecular weight is 542 g/mol. The molecule has 5 fully saturated rings. The molecular formula is C32H35N3O5. The van der Waals surface area contributed by atoms with E-state index in [0.29, 0.717) is 30.8 Å². The Morgan fingerprint density at radius 1 is 0.950 bits per heavy atom. The van der Waals surface area contributed by atoms with Crippen molar-refractivity contribution in [3.8, 4) is 5.75 Å². The Hall–Kier alpha value is -3.68. The zero-order valence-electron chi connectivity index (χ0n) is 22.6. The monoisotopic (exact) mass is 541 g/mol. The number of piperidine rings is 1. The fourth-order valence-electron chi connectivity index (χ4n) is 8.40. The molecule has 4 saturated carbocycles. The molecule has 4 amide bonds. The van der Waals surface area contributed by atoms with Crippen LogP contribution in [0.1, 0.15) is 78.4 Å². The lowest BCUT2D eigenvalue weighted by Gasteiger charge is -2.56. The summed E-state index contributed by atoms with van der Waals surface area (Å²) in [5.41, 5.74) is 3.27. The number of carbonyl (C=O) groups is 4. The number of carbonyl (C=O) groups excluding carboxylic acids is 4. The Balaban J connectivity index is 0.959. The van der Waals surface area contributed by atoms with E-state index in [1.807, 2.05) is 30.3 Å². The lowest BCUT2D eigenvalue weighted by molar-refractivity contribution is -0.137. The van der Waals surface area contributed by atoms with E-state index >= 15 is 0 Å². The van der Waals surface area contributed by atoms with Gasteiger partial charge in [-0.2, -0.15) is 0 Å². The van der Waals surface area contributed by atoms with Crippen LogP contribution in [0.4, 0.5) is 0 Å². The molecule has 208 valence electrons. The predicted molar refractivity (Wildman–Crippen MR) is 146 cm³/mol. The molecule has 0 radical (unpaired) electrons. The molecule has 8 rings (SSSR count). The number of imide groups is 1. The number of rotatable bonds is 7. The highest BCUT2D eigenvalue weighted by Gasteiger charge is 2.51. The molecule has 2 N–H and O–H groups in total. The van der Waals surface area contributed by atoms with Gasteiger partial charge in [0, 0.05) is 23.1 Å². The summed E-state index contributed by atoms with van der Waals surface area (Å²) in [5.74, 6) is 2.19. The van der Waals surface area contributed by atoms with Crippen molar-refractivity contribution < 1.29 is 23.9 Å². The summed E-state index contributed by atoms with van der Waals surface area (Å²) in [6, 6.07) is 12.7. The third-order valence-electron chi connectivity index (χ3n) is 9.76. The maximum atomic E-state index is 13.1. The first-order valence-corrected chi connectivity index (χ1v) is 14.6. The Bertz CT molecular complexity index is 1350. The average Bonchev–Trinajstić information content (AvgIpc) is 3.24. The highest BCUT2D eigenvalue weighted by molar-refractivity contribution is 6.05. The van der Waals surface area contributed by atoms with Crippen LogP contribution in [0.25, 0.3) is 0 Å². The summed E-state index contributed by atoms with van der Waals surface area (Å²) in [4.78, 5) is 51.5. The fourth-order valence-corrected chi connectivity index (χ4v) is 8.40. The first kappa shape index (κ1) is 25.3. The number of amides is 4. The van der Waals surface area contributed by atoms with Gasteiger partial charge in [0.15, 0.2) is 0 Å². The van der Waals surface area contributed by atoms with Crippen molar-refractivity contribution >= 4 is 23.6 Å². The van der Waals surface area contributed by atoms with Crippen LogP contribution >= 0.6 is 0 Å². The number of fused-ring (bicyclic) bond motifs is 1. The highest BCUT2D eigenvalue weighted by atomic mass is 16.5. The van der Waals surface area contributed by atoms with Crippen LogP contribution in [0.2, 0.25) is 0 Å². The highest BCUT2D eigenvalue weighted by Crippen LogP contribution is 2.55. The standard InChI is InChI=1S/C32H35N3O5/c36-28-9-8-26(30(38)33-28)35-17-25-24(31(35)39)2-1-3-27(25)40-18-20-6-4-19(5-7-20)13-29(37)34-32-14-21-10-22(15-32)12-23(11-21)16-32/h1-7,21-23,26H,8-18H2,(H,34,37)(H,33,36,38). The van der Waals surface area contributed by atoms with Crippen LogP contribution in [0.15, 0.2) is 42.5 Å². The van der Waals surface area contributed by atoms with Crippen molar-refractivity contribution in [1.29, 1.82) is 0 Å². The number of nitrogens with zero attached hydrogens (tertiary/aromatic N) is 1. The van der Waals surface area contributed by atoms with E-state index in [2.05, 4.69) is 10.6 Å². The summed E-state index contributed by atoms with van der Waals surface area (Å²) < 4.78 is 6.13. The molecule has 8 nitrogen and oxygen atoms in total. The van der Waals surface area contributed by atoms with Crippen molar-refractivity contribution in [3.63, 3.8) is 0 Å². The Kier molecular flexibility index (Phi) is 6.17. The van der Waals surface area contributed by atoms with E-state index in [0.717, 1.165) is 53.7 Å². The van der Waals surface area contributed by atoms with Gasteiger partial charge < -0.3 is 15.0 Å². The van der Waals surface area contributed by atoms with E-state index in [9.17, 15) is 19.2 Å². The molecule has 2 aliphatic heterocycles. The summed E-state index contributed by atoms with van der Waals surface area (Å²) in [6.45, 7) is 0.594. The topological polar surface area (TPSA) is 105 Å². The number of benzene rings is 2. The summed E-state index contributed by atoms with van der Waals surface area (Å²) >= 11 is 0. The quantitative estimate of drug-likeness (QED) is 0.521. The van der Waals surface area contributed by atoms with Crippen LogP contribution in [-0.2, 0) is 34.0 Å². The number of nitrogens with one attached hydrogen (secondary N) is 2. The lowest BCUT2D eigenvalue weighted by Crippen LogP contribution is -2.60. The van der Waals surface area contributed by atoms with Gasteiger partial charge in [-0.25, -0.2) is 0 Å². The zero-order chi connectivity index (χ0) is 27.4. The molecule has 2 aromatic carbocycles. The minimum absolute atomic E-state index is 0.0325. The Labute approximate surface area is 233 Å². The molecule has 1 atom stereocenters. The zero-order valence-corrected chi connectivity index (χ0v) is 22.6. The summed E-state index contributed by atoms with van der Waals surface area (Å²) in [6.07, 6.45) is 8.47. The van der Waals surface area contributed by atoms with Crippen molar-refractivity contribution in [2.75, 3.05) is 0 Å². The van der Waals surface area contributed by atoms with Gasteiger partial charge in [0.25, 0.3) is 5.91 Å². The summed E-state index contributed by atoms with van der Waals surface area (Å²) in [5, 5.41) is 5.79. The summed E-state index contributed by atoms with van der Waals surface area (Å²) in [7, 11) is 0. The largest absolute Gasteiger partial charge is 0.489 e. The van der Waals surface area contributed by atoms with Crippen molar-refractivity contribution in [2.24, 2.45) is 17.8 Å². The molecule has 0 aromatic heterocycles. The SMILES string of the molecule is O=C1CCC(N2Cc3c(OCc4ccc(CC(=O)NC56CC7CC(CC(C7)C5)C6)cc4)cccc3C2=O)C(=O)N1. The molecule has 8 heteroatoms. The lowest BCUT2D eigenvalue weighted by atomic mass is 9.53. The van der Waals surface area contributed by atoms with Crippen molar-refractivity contribution in [1.82, 2.24) is 15.5 Å². The minimum Gasteiger partial charge on any atom is -0.489 e. The molecule has 6 aliphatic rings. The van der Waals surface area contributed by atoms with Crippen LogP contribution in [0.5, 0.6) is 5.75 Å². The predicted octanol–water partition coefficient (Wildman–Crippen LogP) is 3.65. The van der Waals surface area contributed by atoms with Gasteiger partial charge in [-0.05, 0) is 86.0 Å². The third-order valence-corrected chi connectivity index (χ3v) is 9.76. The normalized spacial score (nSPS) is 30.3. The van der Waals surface area contributed by atoms with Gasteiger partial charge in [-0.1, -0.05) is 30.3 Å². The Morgan fingerprint density at radius 2 is 1.62 bits per heavy atom. The van der Waals surface area contributed by atoms with Crippen molar-refractivity contribution in [2.45, 2.75) is 82.5 Å². The van der Waals surface area contributed by atoms with E-state index in [1.165, 1.54) is 24.2 Å². The van der Waals surface area contributed by atoms with E-state index in [4.69, 9.17) is 4.74 Å². The van der Waals surface area contributed by atoms with Gasteiger partial charge in [0.1, 0.15) is 18.4 Å². The molecule has 1 saturated heterocycles. The fraction of sp³-hybridized carbons (Fsp3) is 0.500. The molecule has 1 unspecified atom stereocenters. The van der Waals surface area contributed by atoms with E-state index in [1.54, 1.807) is 12.1 Å². The number of hydrogen-bond donors (Lipinski definition) is 2. The molecule has 2 aromatic rings. The molecule has 2 heterocycles. The van der Waals surface area contributed by atoms with Gasteiger partial charge in [0.05, 0.1) is 13.0 Å². The van der Waals surface area contributed by atoms with Crippen LogP contribution in [0, 0.1) is 17.8 Å². The van der Waals surface area contributed by atoms with Crippen LogP contribution in [0.3, 0.4) is 0 Å². The molecule has 4 aliphatic carbocycles. The Morgan fingerprint density at radius 3 is 2.30 bits per heavy atom. The van der Waals surface area contributed by atoms with Crippen molar-refractivity contribution in [3.05, 3.63) is 64.7 Å². The second kappa shape index (κ2) is 9.75. The molecule has 0 spiro atoms. The van der Waals surface area contributed by atoms with E-state index < -0.39 is 11.9 Å². The van der Waals surface area contributed by atoms with Crippen LogP contribution in [-0.4, -0.2) is 40.1 Å². The molecule has 40 heavy (non-hydrogen) atoms. The molecular weight excluding hydrogens is 506 g/mol. The van der Waals surface area contributed by atoms with Crippen LogP contribution < -0.4 is 15.4 Å². The number of ether oxygens (including phenoxy) is 1. The number of hydrogen-bond acceptors (Lipinski definition) is 5. The van der Waals surface area contributed by atoms with Gasteiger partial charge in [0.2, 0.25) is 17.7 Å².